The number of hydrogen-bond acceptors (Lipinski definition) is 4. The second-order valence-electron chi connectivity index (χ2n) is 6.02. The van der Waals surface area contributed by atoms with E-state index >= 15 is 0 Å². The molecule has 0 saturated carbocycles. The minimum Gasteiger partial charge on any atom is -0.490 e. The highest BCUT2D eigenvalue weighted by atomic mass is 79.9. The predicted octanol–water partition coefficient (Wildman–Crippen LogP) is 3.82. The van der Waals surface area contributed by atoms with Crippen LogP contribution in [0, 0.1) is 0 Å². The lowest BCUT2D eigenvalue weighted by Crippen LogP contribution is -2.45. The van der Waals surface area contributed by atoms with Crippen molar-refractivity contribution < 1.29 is 19.1 Å². The van der Waals surface area contributed by atoms with E-state index in [4.69, 9.17) is 9.47 Å². The molecule has 2 rings (SSSR count). The molecule has 25 heavy (non-hydrogen) atoms. The Hall–Kier alpha value is -2.02. The predicted molar refractivity (Wildman–Crippen MR) is 98.3 cm³/mol. The number of amides is 2. The number of carbonyl (C=O) groups is 2. The average molecular weight is 411 g/mol. The Kier molecular flexibility index (Phi) is 6.47. The maximum Gasteiger partial charge on any atom is 0.337 e. The zero-order valence-corrected chi connectivity index (χ0v) is 16.4. The van der Waals surface area contributed by atoms with Gasteiger partial charge in [-0.05, 0) is 53.9 Å². The van der Waals surface area contributed by atoms with E-state index in [0.29, 0.717) is 23.4 Å². The number of benzene rings is 1. The zero-order valence-electron chi connectivity index (χ0n) is 14.8. The Morgan fingerprint density at radius 1 is 1.36 bits per heavy atom. The zero-order chi connectivity index (χ0) is 18.6. The molecule has 0 radical (unpaired) electrons. The Bertz CT molecular complexity index is 700. The van der Waals surface area contributed by atoms with Gasteiger partial charge >= 0.3 is 12.0 Å². The van der Waals surface area contributed by atoms with E-state index in [1.807, 2.05) is 39.0 Å². The highest BCUT2D eigenvalue weighted by Gasteiger charge is 2.33. The van der Waals surface area contributed by atoms with Gasteiger partial charge in [-0.2, -0.15) is 0 Å². The molecule has 136 valence electrons. The quantitative estimate of drug-likeness (QED) is 0.698. The van der Waals surface area contributed by atoms with Crippen molar-refractivity contribution in [2.24, 2.45) is 0 Å². The molecule has 6 nitrogen and oxygen atoms in total. The summed E-state index contributed by atoms with van der Waals surface area (Å²) in [6.45, 7) is 5.88. The fourth-order valence-electron chi connectivity index (χ4n) is 2.71. The van der Waals surface area contributed by atoms with Gasteiger partial charge in [-0.3, -0.25) is 0 Å². The Balaban J connectivity index is 2.46. The molecule has 0 saturated heterocycles. The third-order valence-electron chi connectivity index (χ3n) is 3.71. The van der Waals surface area contributed by atoms with Crippen LogP contribution in [-0.2, 0) is 9.53 Å². The molecule has 1 heterocycles. The number of carbonyl (C=O) groups excluding carboxylic acids is 2. The summed E-state index contributed by atoms with van der Waals surface area (Å²) in [4.78, 5) is 24.4. The molecule has 1 aliphatic rings. The van der Waals surface area contributed by atoms with Crippen molar-refractivity contribution in [2.75, 3.05) is 7.11 Å². The van der Waals surface area contributed by atoms with Gasteiger partial charge < -0.3 is 20.1 Å². The second kappa shape index (κ2) is 8.38. The third kappa shape index (κ3) is 4.54. The van der Waals surface area contributed by atoms with E-state index in [0.717, 1.165) is 16.5 Å². The number of rotatable bonds is 6. The summed E-state index contributed by atoms with van der Waals surface area (Å²) in [6, 6.07) is 4.60. The van der Waals surface area contributed by atoms with Crippen molar-refractivity contribution in [1.29, 1.82) is 0 Å². The Labute approximate surface area is 156 Å². The normalized spacial score (nSPS) is 17.2. The van der Waals surface area contributed by atoms with Crippen LogP contribution < -0.4 is 15.4 Å². The molecule has 7 heteroatoms. The van der Waals surface area contributed by atoms with Crippen LogP contribution in [0.5, 0.6) is 5.75 Å². The van der Waals surface area contributed by atoms with Crippen LogP contribution in [0.3, 0.4) is 0 Å². The van der Waals surface area contributed by atoms with Gasteiger partial charge in [0, 0.05) is 5.70 Å². The smallest absolute Gasteiger partial charge is 0.337 e. The topological polar surface area (TPSA) is 76.7 Å². The number of hydrogen-bond donors (Lipinski definition) is 2. The Morgan fingerprint density at radius 2 is 2.08 bits per heavy atom. The molecule has 0 fully saturated rings. The maximum absolute atomic E-state index is 12.3. The summed E-state index contributed by atoms with van der Waals surface area (Å²) < 4.78 is 11.4. The van der Waals surface area contributed by atoms with Crippen LogP contribution in [0.2, 0.25) is 0 Å². The summed E-state index contributed by atoms with van der Waals surface area (Å²) in [5.41, 5.74) is 1.79. The summed E-state index contributed by atoms with van der Waals surface area (Å²) in [7, 11) is 1.34. The monoisotopic (exact) mass is 410 g/mol. The van der Waals surface area contributed by atoms with Gasteiger partial charge in [0.1, 0.15) is 5.75 Å². The van der Waals surface area contributed by atoms with Gasteiger partial charge in [-0.1, -0.05) is 19.4 Å². The van der Waals surface area contributed by atoms with Crippen molar-refractivity contribution in [2.45, 2.75) is 45.8 Å². The standard InChI is InChI=1S/C18H23BrN2O4/c1-5-6-13-15(17(22)24-4)16(21-18(23)20-13)11-7-8-14(12(19)9-11)25-10(2)3/h7-10,16H,5-6H2,1-4H3,(H2,20,21,23). The number of urea groups is 1. The molecule has 0 bridgehead atoms. The average Bonchev–Trinajstić information content (AvgIpc) is 2.55. The van der Waals surface area contributed by atoms with Gasteiger partial charge in [0.25, 0.3) is 0 Å². The summed E-state index contributed by atoms with van der Waals surface area (Å²) in [5, 5.41) is 5.53. The number of halogens is 1. The molecule has 1 aromatic carbocycles. The minimum atomic E-state index is -0.577. The van der Waals surface area contributed by atoms with Gasteiger partial charge in [0.2, 0.25) is 0 Å². The van der Waals surface area contributed by atoms with Crippen molar-refractivity contribution in [1.82, 2.24) is 10.6 Å². The van der Waals surface area contributed by atoms with Crippen molar-refractivity contribution in [3.8, 4) is 5.75 Å². The number of nitrogens with one attached hydrogen (secondary N) is 2. The fraction of sp³-hybridized carbons (Fsp3) is 0.444. The SMILES string of the molecule is CCCC1=C(C(=O)OC)C(c2ccc(OC(C)C)c(Br)c2)NC(=O)N1. The molecule has 0 spiro atoms. The molecule has 1 atom stereocenters. The van der Waals surface area contributed by atoms with Gasteiger partial charge in [-0.15, -0.1) is 0 Å². The van der Waals surface area contributed by atoms with E-state index in [-0.39, 0.29) is 12.1 Å². The molecule has 2 N–H and O–H groups in total. The van der Waals surface area contributed by atoms with E-state index in [9.17, 15) is 9.59 Å². The fourth-order valence-corrected chi connectivity index (χ4v) is 3.20. The molecular formula is C18H23BrN2O4. The lowest BCUT2D eigenvalue weighted by molar-refractivity contribution is -0.136. The largest absolute Gasteiger partial charge is 0.490 e. The van der Waals surface area contributed by atoms with Crippen molar-refractivity contribution in [3.63, 3.8) is 0 Å². The lowest BCUT2D eigenvalue weighted by Gasteiger charge is -2.29. The second-order valence-corrected chi connectivity index (χ2v) is 6.88. The maximum atomic E-state index is 12.3. The first-order chi connectivity index (χ1) is 11.9. The van der Waals surface area contributed by atoms with E-state index in [2.05, 4.69) is 26.6 Å². The van der Waals surface area contributed by atoms with Crippen LogP contribution in [0.1, 0.15) is 45.2 Å². The van der Waals surface area contributed by atoms with Crippen LogP contribution in [-0.4, -0.2) is 25.2 Å². The van der Waals surface area contributed by atoms with Crippen LogP contribution in [0.4, 0.5) is 4.79 Å². The van der Waals surface area contributed by atoms with Crippen LogP contribution >= 0.6 is 15.9 Å². The van der Waals surface area contributed by atoms with Gasteiger partial charge in [-0.25, -0.2) is 9.59 Å². The third-order valence-corrected chi connectivity index (χ3v) is 4.33. The highest BCUT2D eigenvalue weighted by Crippen LogP contribution is 2.34. The van der Waals surface area contributed by atoms with Crippen LogP contribution in [0.15, 0.2) is 33.9 Å². The minimum absolute atomic E-state index is 0.0439. The molecule has 0 aromatic heterocycles. The van der Waals surface area contributed by atoms with Crippen LogP contribution in [0.25, 0.3) is 0 Å². The number of ether oxygens (including phenoxy) is 2. The molecule has 2 amide bonds. The van der Waals surface area contributed by atoms with Gasteiger partial charge in [0.15, 0.2) is 0 Å². The lowest BCUT2D eigenvalue weighted by atomic mass is 9.94. The van der Waals surface area contributed by atoms with Crippen molar-refractivity contribution >= 4 is 27.9 Å². The first-order valence-corrected chi connectivity index (χ1v) is 9.01. The number of esters is 1. The first-order valence-electron chi connectivity index (χ1n) is 8.22. The molecule has 1 aliphatic heterocycles. The number of allylic oxidation sites excluding steroid dienone is 1. The highest BCUT2D eigenvalue weighted by molar-refractivity contribution is 9.10. The summed E-state index contributed by atoms with van der Waals surface area (Å²) in [6.07, 6.45) is 1.43. The molecule has 0 aliphatic carbocycles. The van der Waals surface area contributed by atoms with Crippen molar-refractivity contribution in [3.05, 3.63) is 39.5 Å². The molecule has 1 aromatic rings. The number of methoxy groups -OCH3 is 1. The van der Waals surface area contributed by atoms with Gasteiger partial charge in [0.05, 0.1) is 29.3 Å². The van der Waals surface area contributed by atoms with E-state index < -0.39 is 12.0 Å². The first kappa shape index (κ1) is 19.3. The van der Waals surface area contributed by atoms with E-state index in [1.54, 1.807) is 0 Å². The molecule has 1 unspecified atom stereocenters. The summed E-state index contributed by atoms with van der Waals surface area (Å²) >= 11 is 3.49. The Morgan fingerprint density at radius 3 is 2.64 bits per heavy atom. The van der Waals surface area contributed by atoms with E-state index in [1.165, 1.54) is 7.11 Å². The molecular weight excluding hydrogens is 388 g/mol. The summed E-state index contributed by atoms with van der Waals surface area (Å²) in [5.74, 6) is 0.246.